The van der Waals surface area contributed by atoms with Gasteiger partial charge in [0.05, 0.1) is 5.69 Å². The first kappa shape index (κ1) is 23.2. The van der Waals surface area contributed by atoms with E-state index in [1.165, 1.54) is 35.2 Å². The molecule has 176 valence electrons. The van der Waals surface area contributed by atoms with Crippen molar-refractivity contribution in [1.82, 2.24) is 30.2 Å². The summed E-state index contributed by atoms with van der Waals surface area (Å²) in [5.74, 6) is 0.348. The highest BCUT2D eigenvalue weighted by Gasteiger charge is 2.29. The van der Waals surface area contributed by atoms with Crippen LogP contribution in [0.2, 0.25) is 5.02 Å². The number of hydrogen-bond acceptors (Lipinski definition) is 7. The molecule has 2 N–H and O–H groups in total. The predicted octanol–water partition coefficient (Wildman–Crippen LogP) is 3.87. The number of nitrogens with zero attached hydrogens (tertiary/aromatic N) is 5. The zero-order valence-electron chi connectivity index (χ0n) is 17.4. The molecule has 0 aliphatic rings. The van der Waals surface area contributed by atoms with Crippen LogP contribution < -0.4 is 15.6 Å². The van der Waals surface area contributed by atoms with Gasteiger partial charge in [0, 0.05) is 35.6 Å². The largest absolute Gasteiger partial charge is 0.482 e. The maximum absolute atomic E-state index is 13.0. The number of aromatic amines is 1. The van der Waals surface area contributed by atoms with Crippen LogP contribution in [0, 0.1) is 0 Å². The van der Waals surface area contributed by atoms with Crippen molar-refractivity contribution in [3.05, 3.63) is 81.6 Å². The number of nitrogens with one attached hydrogen (secondary N) is 2. The maximum atomic E-state index is 13.0. The van der Waals surface area contributed by atoms with E-state index in [1.54, 1.807) is 12.1 Å². The van der Waals surface area contributed by atoms with Crippen LogP contribution in [0.25, 0.3) is 5.69 Å². The van der Waals surface area contributed by atoms with Crippen LogP contribution in [-0.2, 0) is 12.8 Å². The van der Waals surface area contributed by atoms with Crippen molar-refractivity contribution in [1.29, 1.82) is 0 Å². The molecule has 34 heavy (non-hydrogen) atoms. The van der Waals surface area contributed by atoms with Crippen molar-refractivity contribution in [2.24, 2.45) is 0 Å². The summed E-state index contributed by atoms with van der Waals surface area (Å²) in [6.07, 6.45) is -0.339. The Kier molecular flexibility index (Phi) is 6.77. The van der Waals surface area contributed by atoms with E-state index in [-0.39, 0.29) is 22.3 Å². The monoisotopic (exact) mass is 491 g/mol. The van der Waals surface area contributed by atoms with Crippen molar-refractivity contribution >= 4 is 23.1 Å². The minimum Gasteiger partial charge on any atom is -0.482 e. The smallest absolute Gasteiger partial charge is 0.422 e. The summed E-state index contributed by atoms with van der Waals surface area (Å²) < 4.78 is 44.0. The van der Waals surface area contributed by atoms with E-state index in [9.17, 15) is 18.0 Å². The van der Waals surface area contributed by atoms with E-state index < -0.39 is 18.3 Å². The van der Waals surface area contributed by atoms with Crippen molar-refractivity contribution in [3.8, 4) is 11.4 Å². The molecule has 9 nitrogen and oxygen atoms in total. The molecule has 2 aromatic heterocycles. The SMILES string of the molecule is O=c1c(Nc2ccc(Cl)cc2OCC(F)(F)F)nccn1-c1ccc(CCc2nn[nH]n2)cc1. The second-order valence-corrected chi connectivity index (χ2v) is 7.55. The molecule has 0 radical (unpaired) electrons. The molecule has 13 heteroatoms. The third kappa shape index (κ3) is 5.90. The first-order valence-electron chi connectivity index (χ1n) is 9.94. The second-order valence-electron chi connectivity index (χ2n) is 7.11. The lowest BCUT2D eigenvalue weighted by Gasteiger charge is -2.15. The van der Waals surface area contributed by atoms with Gasteiger partial charge in [0.15, 0.2) is 18.2 Å². The molecule has 0 aliphatic carbocycles. The van der Waals surface area contributed by atoms with Crippen molar-refractivity contribution in [2.45, 2.75) is 19.0 Å². The highest BCUT2D eigenvalue weighted by molar-refractivity contribution is 6.30. The predicted molar refractivity (Wildman–Crippen MR) is 118 cm³/mol. The Morgan fingerprint density at radius 1 is 1.12 bits per heavy atom. The summed E-state index contributed by atoms with van der Waals surface area (Å²) in [7, 11) is 0. The molecule has 4 aromatic rings. The van der Waals surface area contributed by atoms with Crippen LogP contribution in [0.5, 0.6) is 5.75 Å². The van der Waals surface area contributed by atoms with Crippen molar-refractivity contribution in [2.75, 3.05) is 11.9 Å². The number of aryl methyl sites for hydroxylation is 2. The lowest BCUT2D eigenvalue weighted by molar-refractivity contribution is -0.153. The molecule has 0 saturated carbocycles. The van der Waals surface area contributed by atoms with Crippen LogP contribution in [-0.4, -0.2) is 43.0 Å². The summed E-state index contributed by atoms with van der Waals surface area (Å²) in [6, 6.07) is 11.4. The number of alkyl halides is 3. The van der Waals surface area contributed by atoms with Crippen LogP contribution in [0.1, 0.15) is 11.4 Å². The normalized spacial score (nSPS) is 11.4. The third-order valence-corrected chi connectivity index (χ3v) is 4.90. The van der Waals surface area contributed by atoms with Gasteiger partial charge in [-0.3, -0.25) is 9.36 Å². The van der Waals surface area contributed by atoms with Gasteiger partial charge in [-0.15, -0.1) is 10.2 Å². The molecule has 0 spiro atoms. The summed E-state index contributed by atoms with van der Waals surface area (Å²) in [5, 5.41) is 16.7. The first-order chi connectivity index (χ1) is 16.3. The van der Waals surface area contributed by atoms with E-state index >= 15 is 0 Å². The fourth-order valence-corrected chi connectivity index (χ4v) is 3.24. The number of hydrogen-bond donors (Lipinski definition) is 2. The lowest BCUT2D eigenvalue weighted by Crippen LogP contribution is -2.22. The van der Waals surface area contributed by atoms with Gasteiger partial charge in [-0.05, 0) is 36.2 Å². The van der Waals surface area contributed by atoms with Gasteiger partial charge in [-0.25, -0.2) is 4.98 Å². The van der Waals surface area contributed by atoms with Gasteiger partial charge in [-0.1, -0.05) is 28.9 Å². The van der Waals surface area contributed by atoms with Crippen LogP contribution in [0.4, 0.5) is 24.7 Å². The van der Waals surface area contributed by atoms with Crippen LogP contribution >= 0.6 is 11.6 Å². The van der Waals surface area contributed by atoms with Crippen LogP contribution in [0.3, 0.4) is 0 Å². The van der Waals surface area contributed by atoms with E-state index in [4.69, 9.17) is 16.3 Å². The number of rotatable bonds is 8. The fraction of sp³-hybridized carbons (Fsp3) is 0.190. The van der Waals surface area contributed by atoms with Gasteiger partial charge in [0.25, 0.3) is 5.56 Å². The number of H-pyrrole nitrogens is 1. The number of aromatic nitrogens is 6. The number of anilines is 2. The maximum Gasteiger partial charge on any atom is 0.422 e. The molecule has 0 saturated heterocycles. The third-order valence-electron chi connectivity index (χ3n) is 4.67. The van der Waals surface area contributed by atoms with E-state index in [0.29, 0.717) is 24.4 Å². The molecule has 0 amide bonds. The van der Waals surface area contributed by atoms with E-state index in [2.05, 4.69) is 30.9 Å². The average molecular weight is 492 g/mol. The summed E-state index contributed by atoms with van der Waals surface area (Å²) in [6.45, 7) is -1.51. The van der Waals surface area contributed by atoms with Crippen molar-refractivity contribution < 1.29 is 17.9 Å². The van der Waals surface area contributed by atoms with Gasteiger partial charge >= 0.3 is 6.18 Å². The summed E-state index contributed by atoms with van der Waals surface area (Å²) in [5.41, 5.74) is 1.22. The molecule has 0 aliphatic heterocycles. The van der Waals surface area contributed by atoms with Gasteiger partial charge in [0.2, 0.25) is 0 Å². The zero-order valence-corrected chi connectivity index (χ0v) is 18.1. The quantitative estimate of drug-likeness (QED) is 0.385. The Morgan fingerprint density at radius 2 is 1.91 bits per heavy atom. The number of ether oxygens (including phenoxy) is 1. The Labute approximate surface area is 195 Å². The number of benzene rings is 2. The Balaban J connectivity index is 1.53. The molecule has 2 heterocycles. The van der Waals surface area contributed by atoms with Gasteiger partial charge in [-0.2, -0.15) is 18.4 Å². The molecule has 4 rings (SSSR count). The average Bonchev–Trinajstić information content (AvgIpc) is 3.33. The minimum absolute atomic E-state index is 0.0946. The Bertz CT molecular complexity index is 1310. The topological polar surface area (TPSA) is 111 Å². The highest BCUT2D eigenvalue weighted by Crippen LogP contribution is 2.31. The fourth-order valence-electron chi connectivity index (χ4n) is 3.07. The molecule has 2 aromatic carbocycles. The van der Waals surface area contributed by atoms with Crippen molar-refractivity contribution in [3.63, 3.8) is 0 Å². The molecule has 0 fully saturated rings. The Morgan fingerprint density at radius 3 is 2.62 bits per heavy atom. The lowest BCUT2D eigenvalue weighted by atomic mass is 10.1. The van der Waals surface area contributed by atoms with E-state index in [0.717, 1.165) is 5.56 Å². The molecule has 0 unspecified atom stereocenters. The summed E-state index contributed by atoms with van der Waals surface area (Å²) in [4.78, 5) is 17.0. The van der Waals surface area contributed by atoms with Crippen LogP contribution in [0.15, 0.2) is 59.7 Å². The molecular formula is C21H17ClF3N7O2. The van der Waals surface area contributed by atoms with Gasteiger partial charge < -0.3 is 10.1 Å². The molecule has 0 atom stereocenters. The zero-order chi connectivity index (χ0) is 24.1. The summed E-state index contributed by atoms with van der Waals surface area (Å²) >= 11 is 5.89. The molecule has 0 bridgehead atoms. The number of tetrazole rings is 1. The van der Waals surface area contributed by atoms with E-state index in [1.807, 2.05) is 12.1 Å². The minimum atomic E-state index is -4.53. The highest BCUT2D eigenvalue weighted by atomic mass is 35.5. The first-order valence-corrected chi connectivity index (χ1v) is 10.3. The molecular weight excluding hydrogens is 475 g/mol. The van der Waals surface area contributed by atoms with Gasteiger partial charge in [0.1, 0.15) is 5.75 Å². The Hall–Kier alpha value is -3.93. The standard InChI is InChI=1S/C21H17ClF3N7O2/c22-14-4-7-16(17(11-14)34-12-21(23,24)25)27-19-20(33)32(10-9-26-19)15-5-1-13(2-6-15)3-8-18-28-30-31-29-18/h1-2,4-7,9-11H,3,8,12H2,(H,26,27)(H,28,29,30,31). The number of halogens is 4. The second kappa shape index (κ2) is 9.91.